The summed E-state index contributed by atoms with van der Waals surface area (Å²) in [4.78, 5) is 49.3. The van der Waals surface area contributed by atoms with E-state index in [2.05, 4.69) is 37.0 Å². The lowest BCUT2D eigenvalue weighted by molar-refractivity contribution is -0.114. The number of amides is 3. The average molecular weight is 770 g/mol. The molecule has 0 radical (unpaired) electrons. The molecule has 0 aromatic heterocycles. The van der Waals surface area contributed by atoms with E-state index in [1.807, 2.05) is 0 Å². The molecule has 0 spiro atoms. The molecule has 4 aromatic carbocycles. The van der Waals surface area contributed by atoms with Gasteiger partial charge in [-0.15, -0.1) is 0 Å². The van der Waals surface area contributed by atoms with Gasteiger partial charge in [-0.3, -0.25) is 34.3 Å². The van der Waals surface area contributed by atoms with Crippen LogP contribution < -0.4 is 26.8 Å². The summed E-state index contributed by atoms with van der Waals surface area (Å²) in [5, 5.41) is 15.5. The number of fused-ring (bicyclic) bond motifs is 2. The molecule has 4 aromatic rings. The topological polar surface area (TPSA) is 262 Å². The van der Waals surface area contributed by atoms with Crippen LogP contribution in [-0.4, -0.2) is 60.9 Å². The Balaban J connectivity index is 1.20. The zero-order chi connectivity index (χ0) is 38.8. The van der Waals surface area contributed by atoms with Crippen molar-refractivity contribution in [3.05, 3.63) is 123 Å². The Morgan fingerprint density at radius 1 is 0.556 bits per heavy atom. The number of Topliss-reactive ketones (excluding diaryl/α,β-unsaturated/α-hetero) is 2. The lowest BCUT2D eigenvalue weighted by Gasteiger charge is -2.18. The van der Waals surface area contributed by atoms with E-state index in [1.165, 1.54) is 55.5 Å². The van der Waals surface area contributed by atoms with Crippen LogP contribution in [0.4, 0.5) is 33.2 Å². The molecule has 274 valence electrons. The summed E-state index contributed by atoms with van der Waals surface area (Å²) < 4.78 is 68.9. The highest BCUT2D eigenvalue weighted by Gasteiger charge is 2.34. The standard InChI is InChI=1S/C35H27N7O10S2/c1-19(43)36-22-7-9-24(10-8-22)40-42-32-30(54(50,51)52)18-21-16-26(12-14-28(21)34(32)45)38-35(46)37-25-11-13-27-20(15-25)17-29(53(47,48)49)31(33(27)44)41-39-23-5-3-2-4-6-23/h2-18,39-40H,1H3,(H,36,43)(H2,37,38,46)(H,47,48,49)(H,50,51,52)/b41-31-,42-32-. The molecule has 0 unspecified atom stereocenters. The first kappa shape index (κ1) is 37.0. The molecule has 0 saturated carbocycles. The number of rotatable bonds is 9. The lowest BCUT2D eigenvalue weighted by Crippen LogP contribution is -2.27. The number of carbonyl (C=O) groups excluding carboxylic acids is 4. The molecule has 0 bridgehead atoms. The van der Waals surface area contributed by atoms with E-state index in [1.54, 1.807) is 42.5 Å². The van der Waals surface area contributed by atoms with Crippen molar-refractivity contribution in [2.45, 2.75) is 6.92 Å². The monoisotopic (exact) mass is 769 g/mol. The molecule has 7 N–H and O–H groups in total. The fraction of sp³-hybridized carbons (Fsp3) is 0.0286. The van der Waals surface area contributed by atoms with Gasteiger partial charge in [0.2, 0.25) is 17.5 Å². The Labute approximate surface area is 307 Å². The molecule has 3 amide bonds. The van der Waals surface area contributed by atoms with Crippen molar-refractivity contribution in [2.24, 2.45) is 10.2 Å². The summed E-state index contributed by atoms with van der Waals surface area (Å²) >= 11 is 0. The summed E-state index contributed by atoms with van der Waals surface area (Å²) in [6.45, 7) is 1.34. The average Bonchev–Trinajstić information content (AvgIpc) is 3.10. The van der Waals surface area contributed by atoms with Gasteiger partial charge in [0, 0.05) is 35.1 Å². The summed E-state index contributed by atoms with van der Waals surface area (Å²) in [5.74, 6) is -1.93. The van der Waals surface area contributed by atoms with Crippen LogP contribution in [0, 0.1) is 0 Å². The van der Waals surface area contributed by atoms with Crippen molar-refractivity contribution in [1.29, 1.82) is 0 Å². The first-order chi connectivity index (χ1) is 25.6. The molecule has 19 heteroatoms. The van der Waals surface area contributed by atoms with E-state index in [-0.39, 0.29) is 39.5 Å². The Morgan fingerprint density at radius 2 is 0.963 bits per heavy atom. The van der Waals surface area contributed by atoms with Gasteiger partial charge >= 0.3 is 6.03 Å². The predicted octanol–water partition coefficient (Wildman–Crippen LogP) is 5.08. The van der Waals surface area contributed by atoms with E-state index in [4.69, 9.17) is 0 Å². The largest absolute Gasteiger partial charge is 0.326 e. The molecule has 2 aliphatic rings. The van der Waals surface area contributed by atoms with E-state index in [0.717, 1.165) is 12.2 Å². The third-order valence-corrected chi connectivity index (χ3v) is 9.44. The Kier molecular flexibility index (Phi) is 10.0. The van der Waals surface area contributed by atoms with Crippen molar-refractivity contribution in [1.82, 2.24) is 0 Å². The summed E-state index contributed by atoms with van der Waals surface area (Å²) in [7, 11) is -9.88. The van der Waals surface area contributed by atoms with E-state index >= 15 is 0 Å². The minimum atomic E-state index is -4.97. The quantitative estimate of drug-likeness (QED) is 0.0869. The molecule has 54 heavy (non-hydrogen) atoms. The van der Waals surface area contributed by atoms with Gasteiger partial charge in [0.25, 0.3) is 20.2 Å². The van der Waals surface area contributed by atoms with Gasteiger partial charge < -0.3 is 16.0 Å². The normalized spacial score (nSPS) is 15.4. The van der Waals surface area contributed by atoms with Crippen LogP contribution in [0.15, 0.2) is 111 Å². The van der Waals surface area contributed by atoms with Gasteiger partial charge in [-0.1, -0.05) is 18.2 Å². The number of urea groups is 1. The smallest absolute Gasteiger partial charge is 0.323 e. The van der Waals surface area contributed by atoms with Crippen molar-refractivity contribution in [3.8, 4) is 0 Å². The van der Waals surface area contributed by atoms with Crippen molar-refractivity contribution >= 4 is 95.8 Å². The van der Waals surface area contributed by atoms with E-state index < -0.39 is 59.1 Å². The zero-order valence-electron chi connectivity index (χ0n) is 27.7. The third kappa shape index (κ3) is 8.29. The number of hydrogen-bond donors (Lipinski definition) is 7. The summed E-state index contributed by atoms with van der Waals surface area (Å²) in [5.41, 5.74) is 5.68. The SMILES string of the molecule is CC(=O)Nc1ccc(N/N=C2\C(=O)c3ccc(NC(=O)Nc4ccc5c(c4)C=C(S(=O)(=O)O)/C(=N/Nc4ccccc4)C5=O)cc3C=C2S(=O)(=O)O)cc1. The highest BCUT2D eigenvalue weighted by molar-refractivity contribution is 7.91. The van der Waals surface area contributed by atoms with Crippen LogP contribution in [0.2, 0.25) is 0 Å². The van der Waals surface area contributed by atoms with Crippen LogP contribution in [-0.2, 0) is 25.0 Å². The Hall–Kier alpha value is -6.80. The molecular weight excluding hydrogens is 743 g/mol. The maximum Gasteiger partial charge on any atom is 0.323 e. The van der Waals surface area contributed by atoms with Crippen LogP contribution >= 0.6 is 0 Å². The molecule has 0 atom stereocenters. The maximum atomic E-state index is 13.4. The number of carbonyl (C=O) groups is 4. The second kappa shape index (κ2) is 14.7. The first-order valence-electron chi connectivity index (χ1n) is 15.5. The molecule has 0 saturated heterocycles. The number of benzene rings is 4. The highest BCUT2D eigenvalue weighted by atomic mass is 32.2. The van der Waals surface area contributed by atoms with Gasteiger partial charge in [-0.2, -0.15) is 27.0 Å². The van der Waals surface area contributed by atoms with Crippen LogP contribution in [0.25, 0.3) is 12.2 Å². The number of para-hydroxylation sites is 1. The van der Waals surface area contributed by atoms with Gasteiger partial charge in [-0.25, -0.2) is 4.79 Å². The predicted molar refractivity (Wildman–Crippen MR) is 203 cm³/mol. The molecule has 0 heterocycles. The summed E-state index contributed by atoms with van der Waals surface area (Å²) in [6.07, 6.45) is 2.05. The van der Waals surface area contributed by atoms with Crippen LogP contribution in [0.3, 0.4) is 0 Å². The number of nitrogens with one attached hydrogen (secondary N) is 5. The third-order valence-electron chi connectivity index (χ3n) is 7.71. The minimum absolute atomic E-state index is 0.0116. The number of hydrazone groups is 2. The zero-order valence-corrected chi connectivity index (χ0v) is 29.3. The highest BCUT2D eigenvalue weighted by Crippen LogP contribution is 2.30. The van der Waals surface area contributed by atoms with Crippen molar-refractivity contribution < 1.29 is 45.1 Å². The molecule has 2 aliphatic carbocycles. The number of allylic oxidation sites excluding steroid dienone is 2. The lowest BCUT2D eigenvalue weighted by atomic mass is 9.94. The molecule has 0 aliphatic heterocycles. The van der Waals surface area contributed by atoms with Crippen LogP contribution in [0.5, 0.6) is 0 Å². The number of hydrogen-bond acceptors (Lipinski definition) is 12. The fourth-order valence-corrected chi connectivity index (χ4v) is 6.63. The van der Waals surface area contributed by atoms with Crippen molar-refractivity contribution in [2.75, 3.05) is 26.8 Å². The Bertz CT molecular complexity index is 2600. The van der Waals surface area contributed by atoms with Gasteiger partial charge in [0.1, 0.15) is 9.81 Å². The second-order valence-electron chi connectivity index (χ2n) is 11.6. The number of anilines is 5. The first-order valence-corrected chi connectivity index (χ1v) is 18.4. The number of ketones is 2. The maximum absolute atomic E-state index is 13.4. The van der Waals surface area contributed by atoms with E-state index in [0.29, 0.717) is 17.1 Å². The number of nitrogens with zero attached hydrogens (tertiary/aromatic N) is 2. The molecule has 0 fully saturated rings. The van der Waals surface area contributed by atoms with Gasteiger partial charge in [0.15, 0.2) is 11.4 Å². The minimum Gasteiger partial charge on any atom is -0.326 e. The summed E-state index contributed by atoms with van der Waals surface area (Å²) in [6, 6.07) is 21.7. The van der Waals surface area contributed by atoms with Crippen molar-refractivity contribution in [3.63, 3.8) is 0 Å². The van der Waals surface area contributed by atoms with Crippen LogP contribution in [0.1, 0.15) is 38.8 Å². The molecule has 6 rings (SSSR count). The van der Waals surface area contributed by atoms with E-state index in [9.17, 15) is 45.1 Å². The Morgan fingerprint density at radius 3 is 1.39 bits per heavy atom. The fourth-order valence-electron chi connectivity index (χ4n) is 5.31. The molecular formula is C35H27N7O10S2. The van der Waals surface area contributed by atoms with Gasteiger partial charge in [-0.05, 0) is 96.1 Å². The molecule has 17 nitrogen and oxygen atoms in total. The second-order valence-corrected chi connectivity index (χ2v) is 14.4. The van der Waals surface area contributed by atoms with Gasteiger partial charge in [0.05, 0.1) is 11.4 Å².